The maximum absolute atomic E-state index is 16.4. The molecule has 0 radical (unpaired) electrons. The molecule has 1 fully saturated rings. The topological polar surface area (TPSA) is 101 Å². The summed E-state index contributed by atoms with van der Waals surface area (Å²) in [7, 11) is 1.38. The van der Waals surface area contributed by atoms with Crippen molar-refractivity contribution in [3.8, 4) is 0 Å². The summed E-state index contributed by atoms with van der Waals surface area (Å²) in [6.07, 6.45) is 5.92. The third-order valence-corrected chi connectivity index (χ3v) is 8.86. The van der Waals surface area contributed by atoms with Crippen molar-refractivity contribution in [3.05, 3.63) is 59.3 Å². The predicted molar refractivity (Wildman–Crippen MR) is 119 cm³/mol. The van der Waals surface area contributed by atoms with Crippen LogP contribution in [0.5, 0.6) is 0 Å². The van der Waals surface area contributed by atoms with Gasteiger partial charge in [0.2, 0.25) is 0 Å². The van der Waals surface area contributed by atoms with Crippen molar-refractivity contribution < 1.29 is 9.13 Å². The lowest BCUT2D eigenvalue weighted by atomic mass is 9.64. The van der Waals surface area contributed by atoms with Crippen molar-refractivity contribution in [1.29, 1.82) is 0 Å². The molecule has 31 heavy (non-hydrogen) atoms. The van der Waals surface area contributed by atoms with Crippen LogP contribution in [0, 0.1) is 11.8 Å². The van der Waals surface area contributed by atoms with Crippen LogP contribution in [0.1, 0.15) is 65.1 Å². The average Bonchev–Trinajstić information content (AvgIpc) is 3.49. The molecular formula is C23H28FN3O3S. The van der Waals surface area contributed by atoms with Crippen molar-refractivity contribution >= 4 is 17.1 Å². The van der Waals surface area contributed by atoms with Gasteiger partial charge < -0.3 is 15.5 Å². The summed E-state index contributed by atoms with van der Waals surface area (Å²) >= 11 is 1.69. The average molecular weight is 446 g/mol. The second kappa shape index (κ2) is 7.45. The normalized spacial score (nSPS) is 27.7. The molecule has 0 aromatic carbocycles. The number of aryl methyl sites for hydroxylation is 1. The molecule has 1 saturated carbocycles. The minimum atomic E-state index is -0.916. The smallest absolute Gasteiger partial charge is 0.325 e. The monoisotopic (exact) mass is 445 g/mol. The summed E-state index contributed by atoms with van der Waals surface area (Å²) in [5, 5.41) is 0. The highest BCUT2D eigenvalue weighted by Gasteiger charge is 2.59. The van der Waals surface area contributed by atoms with Crippen molar-refractivity contribution in [1.82, 2.24) is 9.97 Å². The zero-order valence-corrected chi connectivity index (χ0v) is 18.7. The van der Waals surface area contributed by atoms with Gasteiger partial charge in [-0.15, -0.1) is 11.3 Å². The van der Waals surface area contributed by atoms with Gasteiger partial charge in [0.15, 0.2) is 11.6 Å². The number of nitrogens with one attached hydrogen (secondary N) is 2. The van der Waals surface area contributed by atoms with Crippen molar-refractivity contribution in [3.63, 3.8) is 0 Å². The maximum atomic E-state index is 16.4. The van der Waals surface area contributed by atoms with Crippen LogP contribution < -0.4 is 17.0 Å². The number of ether oxygens (including phenoxy) is 1. The fourth-order valence-corrected chi connectivity index (χ4v) is 7.40. The number of allylic oxidation sites excluding steroid dienone is 1. The zero-order chi connectivity index (χ0) is 21.9. The molecular weight excluding hydrogens is 417 g/mol. The fraction of sp³-hybridized carbons (Fsp3) is 0.565. The first-order valence-corrected chi connectivity index (χ1v) is 11.9. The van der Waals surface area contributed by atoms with E-state index in [9.17, 15) is 9.59 Å². The number of aromatic nitrogens is 2. The van der Waals surface area contributed by atoms with Gasteiger partial charge in [0.1, 0.15) is 5.56 Å². The molecule has 3 atom stereocenters. The number of thiophene rings is 1. The van der Waals surface area contributed by atoms with Crippen LogP contribution in [0.15, 0.2) is 21.5 Å². The fourth-order valence-electron chi connectivity index (χ4n) is 5.84. The van der Waals surface area contributed by atoms with Crippen LogP contribution in [0.2, 0.25) is 0 Å². The first-order chi connectivity index (χ1) is 14.9. The lowest BCUT2D eigenvalue weighted by Crippen LogP contribution is -2.43. The van der Waals surface area contributed by atoms with Crippen molar-refractivity contribution in [2.45, 2.75) is 56.8 Å². The lowest BCUT2D eigenvalue weighted by Gasteiger charge is -2.41. The second-order valence-corrected chi connectivity index (χ2v) is 10.3. The second-order valence-electron chi connectivity index (χ2n) is 9.15. The van der Waals surface area contributed by atoms with Crippen LogP contribution in [-0.4, -0.2) is 23.6 Å². The summed E-state index contributed by atoms with van der Waals surface area (Å²) in [6, 6.07) is 2.18. The Balaban J connectivity index is 1.71. The molecule has 3 aliphatic carbocycles. The largest absolute Gasteiger partial charge is 0.493 e. The molecule has 6 nitrogen and oxygen atoms in total. The molecule has 0 aliphatic heterocycles. The van der Waals surface area contributed by atoms with Gasteiger partial charge in [-0.05, 0) is 68.5 Å². The van der Waals surface area contributed by atoms with E-state index in [0.29, 0.717) is 18.2 Å². The highest BCUT2D eigenvalue weighted by molar-refractivity contribution is 7.12. The summed E-state index contributed by atoms with van der Waals surface area (Å²) in [6.45, 7) is 2.61. The number of hydrogen-bond acceptors (Lipinski definition) is 5. The molecule has 2 heterocycles. The third-order valence-electron chi connectivity index (χ3n) is 7.47. The van der Waals surface area contributed by atoms with Crippen molar-refractivity contribution in [2.75, 3.05) is 13.7 Å². The van der Waals surface area contributed by atoms with E-state index in [0.717, 1.165) is 43.4 Å². The van der Waals surface area contributed by atoms with E-state index in [1.807, 2.05) is 6.92 Å². The molecule has 3 unspecified atom stereocenters. The van der Waals surface area contributed by atoms with Gasteiger partial charge in [-0.25, -0.2) is 9.18 Å². The standard InChI is InChI=1S/C23H28FN3O3S/c1-11-18-17(21(28)27-22(29)26-18)19(30-2)20(24)23(11,14-4-5-14)16-10-13-9-12(7-8-25)3-6-15(13)31-16/h10-12,14H,3-9,25H2,1-2H3,(H2,26,27,28,29). The molecule has 4 N–H and O–H groups in total. The number of hydrogen-bond donors (Lipinski definition) is 3. The first kappa shape index (κ1) is 20.7. The van der Waals surface area contributed by atoms with Gasteiger partial charge in [0, 0.05) is 21.4 Å². The Morgan fingerprint density at radius 2 is 2.06 bits per heavy atom. The van der Waals surface area contributed by atoms with Gasteiger partial charge >= 0.3 is 5.69 Å². The molecule has 2 aromatic heterocycles. The number of methoxy groups -OCH3 is 1. The van der Waals surface area contributed by atoms with E-state index < -0.39 is 16.7 Å². The van der Waals surface area contributed by atoms with E-state index in [-0.39, 0.29) is 29.0 Å². The van der Waals surface area contributed by atoms with Gasteiger partial charge in [0.25, 0.3) is 5.56 Å². The number of H-pyrrole nitrogens is 2. The number of nitrogens with two attached hydrogens (primary N) is 1. The molecule has 0 saturated heterocycles. The molecule has 5 rings (SSSR count). The molecule has 166 valence electrons. The highest BCUT2D eigenvalue weighted by atomic mass is 32.1. The van der Waals surface area contributed by atoms with Gasteiger partial charge in [-0.2, -0.15) is 0 Å². The zero-order valence-electron chi connectivity index (χ0n) is 17.8. The number of halogens is 1. The van der Waals surface area contributed by atoms with Crippen LogP contribution in [-0.2, 0) is 23.0 Å². The summed E-state index contributed by atoms with van der Waals surface area (Å²) < 4.78 is 21.9. The number of rotatable bonds is 5. The highest BCUT2D eigenvalue weighted by Crippen LogP contribution is 2.63. The van der Waals surface area contributed by atoms with Gasteiger partial charge in [-0.3, -0.25) is 9.78 Å². The molecule has 0 bridgehead atoms. The summed E-state index contributed by atoms with van der Waals surface area (Å²) in [5.74, 6) is -0.129. The maximum Gasteiger partial charge on any atom is 0.325 e. The Kier molecular flexibility index (Phi) is 4.97. The quantitative estimate of drug-likeness (QED) is 0.657. The van der Waals surface area contributed by atoms with E-state index in [2.05, 4.69) is 16.0 Å². The predicted octanol–water partition coefficient (Wildman–Crippen LogP) is 3.33. The first-order valence-electron chi connectivity index (χ1n) is 11.0. The Hall–Kier alpha value is -2.19. The number of aromatic amines is 2. The van der Waals surface area contributed by atoms with Crippen LogP contribution >= 0.6 is 11.3 Å². The Morgan fingerprint density at radius 3 is 2.74 bits per heavy atom. The van der Waals surface area contributed by atoms with E-state index in [1.165, 1.54) is 17.6 Å². The van der Waals surface area contributed by atoms with Crippen LogP contribution in [0.3, 0.4) is 0 Å². The minimum Gasteiger partial charge on any atom is -0.493 e. The van der Waals surface area contributed by atoms with Gasteiger partial charge in [-0.1, -0.05) is 6.92 Å². The van der Waals surface area contributed by atoms with Crippen molar-refractivity contribution in [2.24, 2.45) is 17.6 Å². The van der Waals surface area contributed by atoms with E-state index >= 15 is 4.39 Å². The summed E-state index contributed by atoms with van der Waals surface area (Å²) in [5.41, 5.74) is 5.55. The molecule has 2 aromatic rings. The SMILES string of the molecule is COC1=C(F)C(c2cc3c(s2)CCC(CCN)C3)(C2CC2)C(C)c2[nH]c(=O)[nH]c(=O)c21. The number of fused-ring (bicyclic) bond motifs is 2. The summed E-state index contributed by atoms with van der Waals surface area (Å²) in [4.78, 5) is 32.0. The van der Waals surface area contributed by atoms with Crippen LogP contribution in [0.4, 0.5) is 4.39 Å². The van der Waals surface area contributed by atoms with Gasteiger partial charge in [0.05, 0.1) is 12.5 Å². The Bertz CT molecular complexity index is 1180. The molecule has 0 amide bonds. The Morgan fingerprint density at radius 1 is 1.29 bits per heavy atom. The molecule has 8 heteroatoms. The molecule has 3 aliphatic rings. The Labute approximate surface area is 183 Å². The van der Waals surface area contributed by atoms with Crippen LogP contribution in [0.25, 0.3) is 5.76 Å². The minimum absolute atomic E-state index is 0.0510. The third kappa shape index (κ3) is 2.98. The lowest BCUT2D eigenvalue weighted by molar-refractivity contribution is 0.265. The van der Waals surface area contributed by atoms with E-state index in [1.54, 1.807) is 11.3 Å². The van der Waals surface area contributed by atoms with E-state index in [4.69, 9.17) is 10.5 Å². The molecule has 0 spiro atoms.